The van der Waals surface area contributed by atoms with Crippen molar-refractivity contribution in [1.29, 1.82) is 0 Å². The van der Waals surface area contributed by atoms with Gasteiger partial charge in [0, 0.05) is 36.9 Å². The molecule has 3 aliphatic rings. The van der Waals surface area contributed by atoms with Gasteiger partial charge in [0.2, 0.25) is 0 Å². The summed E-state index contributed by atoms with van der Waals surface area (Å²) in [7, 11) is 0. The standard InChI is InChI=1S/C55H40S/c1-55(2)48-28-24-36(32-47(48)53-44-25-26-45-39-16-9-10-21-50(39)56-54(45)46(44)27-29-49(53)55)35-14-11-15-37(31-35)51-40-17-5-7-19-42(40)52(43-20-8-6-18-41(43)51)38-23-22-33-12-3-4-13-34(33)30-38/h3-10,12-14,16-23,25-32,36H,11,15,24H2,1-2H3. The molecule has 1 aromatic heterocycles. The summed E-state index contributed by atoms with van der Waals surface area (Å²) in [6.07, 6.45) is 13.5. The van der Waals surface area contributed by atoms with E-state index in [0.717, 1.165) is 19.3 Å². The van der Waals surface area contributed by atoms with E-state index in [-0.39, 0.29) is 5.41 Å². The highest BCUT2D eigenvalue weighted by molar-refractivity contribution is 7.26. The minimum Gasteiger partial charge on any atom is -0.135 e. The van der Waals surface area contributed by atoms with Crippen molar-refractivity contribution < 1.29 is 0 Å². The third kappa shape index (κ3) is 4.58. The van der Waals surface area contributed by atoms with Crippen molar-refractivity contribution in [3.63, 3.8) is 0 Å². The van der Waals surface area contributed by atoms with Crippen LogP contribution in [0.15, 0.2) is 175 Å². The second-order valence-corrected chi connectivity index (χ2v) is 17.7. The predicted octanol–water partition coefficient (Wildman–Crippen LogP) is 15.8. The van der Waals surface area contributed by atoms with E-state index in [1.165, 1.54) is 113 Å². The van der Waals surface area contributed by atoms with E-state index in [0.29, 0.717) is 5.92 Å². The molecule has 1 heteroatoms. The minimum absolute atomic E-state index is 0.0258. The summed E-state index contributed by atoms with van der Waals surface area (Å²) < 4.78 is 2.77. The average molecular weight is 733 g/mol. The Hall–Kier alpha value is -6.02. The van der Waals surface area contributed by atoms with Crippen LogP contribution in [0.1, 0.15) is 49.8 Å². The third-order valence-electron chi connectivity index (χ3n) is 13.2. The summed E-state index contributed by atoms with van der Waals surface area (Å²) in [6.45, 7) is 4.86. The van der Waals surface area contributed by atoms with Gasteiger partial charge in [-0.15, -0.1) is 11.3 Å². The van der Waals surface area contributed by atoms with E-state index in [1.807, 2.05) is 11.3 Å². The van der Waals surface area contributed by atoms with Gasteiger partial charge in [-0.25, -0.2) is 0 Å². The molecule has 8 aromatic carbocycles. The number of allylic oxidation sites excluding steroid dienone is 8. The quantitative estimate of drug-likeness (QED) is 0.159. The van der Waals surface area contributed by atoms with Crippen LogP contribution in [0, 0.1) is 5.92 Å². The summed E-state index contributed by atoms with van der Waals surface area (Å²) in [4.78, 5) is 0. The molecule has 0 N–H and O–H groups in total. The van der Waals surface area contributed by atoms with Crippen molar-refractivity contribution in [1.82, 2.24) is 0 Å². The summed E-state index contributed by atoms with van der Waals surface area (Å²) in [5.74, 6) is 0.337. The van der Waals surface area contributed by atoms with Gasteiger partial charge in [0.15, 0.2) is 0 Å². The molecule has 0 fully saturated rings. The Morgan fingerprint density at radius 3 is 1.96 bits per heavy atom. The number of hydrogen-bond acceptors (Lipinski definition) is 1. The third-order valence-corrected chi connectivity index (χ3v) is 14.5. The molecule has 1 heterocycles. The second kappa shape index (κ2) is 12.0. The van der Waals surface area contributed by atoms with Crippen LogP contribution in [-0.4, -0.2) is 0 Å². The molecule has 1 atom stereocenters. The molecule has 3 aliphatic carbocycles. The van der Waals surface area contributed by atoms with Gasteiger partial charge in [-0.3, -0.25) is 0 Å². The molecule has 0 saturated carbocycles. The van der Waals surface area contributed by atoms with Crippen molar-refractivity contribution in [2.24, 2.45) is 5.92 Å². The molecule has 0 nitrogen and oxygen atoms in total. The van der Waals surface area contributed by atoms with Gasteiger partial charge in [-0.05, 0) is 119 Å². The van der Waals surface area contributed by atoms with Crippen molar-refractivity contribution in [2.45, 2.75) is 38.5 Å². The Balaban J connectivity index is 1.00. The van der Waals surface area contributed by atoms with Crippen LogP contribution in [0.4, 0.5) is 0 Å². The molecule has 0 amide bonds. The van der Waals surface area contributed by atoms with E-state index in [4.69, 9.17) is 0 Å². The van der Waals surface area contributed by atoms with Crippen LogP contribution in [-0.2, 0) is 5.41 Å². The van der Waals surface area contributed by atoms with Crippen LogP contribution >= 0.6 is 11.3 Å². The highest BCUT2D eigenvalue weighted by Crippen LogP contribution is 2.56. The predicted molar refractivity (Wildman–Crippen MR) is 244 cm³/mol. The van der Waals surface area contributed by atoms with Crippen molar-refractivity contribution in [3.05, 3.63) is 192 Å². The fraction of sp³-hybridized carbons (Fsp3) is 0.127. The molecule has 266 valence electrons. The zero-order valence-corrected chi connectivity index (χ0v) is 32.5. The van der Waals surface area contributed by atoms with Crippen LogP contribution in [0.25, 0.3) is 85.5 Å². The molecule has 0 bridgehead atoms. The molecular formula is C55H40S. The lowest BCUT2D eigenvalue weighted by atomic mass is 9.76. The first kappa shape index (κ1) is 32.2. The Kier molecular flexibility index (Phi) is 6.90. The molecular weight excluding hydrogens is 693 g/mol. The first-order valence-electron chi connectivity index (χ1n) is 20.2. The molecule has 0 spiro atoms. The van der Waals surface area contributed by atoms with Crippen LogP contribution in [0.3, 0.4) is 0 Å². The van der Waals surface area contributed by atoms with E-state index < -0.39 is 0 Å². The van der Waals surface area contributed by atoms with Crippen molar-refractivity contribution in [3.8, 4) is 11.1 Å². The number of rotatable bonds is 3. The lowest BCUT2D eigenvalue weighted by molar-refractivity contribution is 0.646. The maximum Gasteiger partial charge on any atom is 0.0434 e. The second-order valence-electron chi connectivity index (χ2n) is 16.6. The number of benzene rings is 8. The zero-order valence-electron chi connectivity index (χ0n) is 31.7. The number of thiophene rings is 1. The van der Waals surface area contributed by atoms with Crippen molar-refractivity contribution >= 4 is 85.7 Å². The smallest absolute Gasteiger partial charge is 0.0434 e. The normalized spacial score (nSPS) is 17.6. The van der Waals surface area contributed by atoms with Gasteiger partial charge < -0.3 is 0 Å². The Labute approximate surface area is 331 Å². The van der Waals surface area contributed by atoms with E-state index >= 15 is 0 Å². The van der Waals surface area contributed by atoms with Gasteiger partial charge in [0.05, 0.1) is 0 Å². The molecule has 1 unspecified atom stereocenters. The highest BCUT2D eigenvalue weighted by atomic mass is 32.1. The molecule has 0 radical (unpaired) electrons. The average Bonchev–Trinajstić information content (AvgIpc) is 3.74. The van der Waals surface area contributed by atoms with Gasteiger partial charge in [0.25, 0.3) is 0 Å². The van der Waals surface area contributed by atoms with Crippen LogP contribution in [0.2, 0.25) is 0 Å². The van der Waals surface area contributed by atoms with E-state index in [1.54, 1.807) is 0 Å². The first-order chi connectivity index (χ1) is 27.5. The monoisotopic (exact) mass is 732 g/mol. The zero-order chi connectivity index (χ0) is 37.1. The lowest BCUT2D eigenvalue weighted by Gasteiger charge is -2.28. The molecule has 0 saturated heterocycles. The molecule has 0 aliphatic heterocycles. The van der Waals surface area contributed by atoms with Crippen LogP contribution < -0.4 is 0 Å². The topological polar surface area (TPSA) is 0 Å². The SMILES string of the molecule is CC1(C)C2=CCC(C3=CCCC(c4c5ccccc5c(-c5ccc6ccccc6c5)c5ccccc45)=C3)C=C2c2c1ccc1c2ccc2c3ccccc3sc12. The maximum atomic E-state index is 2.64. The summed E-state index contributed by atoms with van der Waals surface area (Å²) in [6, 6.07) is 52.4. The number of fused-ring (bicyclic) bond motifs is 12. The molecule has 56 heavy (non-hydrogen) atoms. The summed E-state index contributed by atoms with van der Waals surface area (Å²) in [5.41, 5.74) is 12.7. The van der Waals surface area contributed by atoms with E-state index in [9.17, 15) is 0 Å². The van der Waals surface area contributed by atoms with Crippen LogP contribution in [0.5, 0.6) is 0 Å². The Morgan fingerprint density at radius 2 is 1.18 bits per heavy atom. The number of hydrogen-bond donors (Lipinski definition) is 0. The minimum atomic E-state index is -0.0258. The van der Waals surface area contributed by atoms with Gasteiger partial charge in [-0.2, -0.15) is 0 Å². The van der Waals surface area contributed by atoms with Crippen molar-refractivity contribution in [2.75, 3.05) is 0 Å². The fourth-order valence-electron chi connectivity index (χ4n) is 10.6. The fourth-order valence-corrected chi connectivity index (χ4v) is 11.8. The molecule has 9 aromatic rings. The largest absolute Gasteiger partial charge is 0.135 e. The highest BCUT2D eigenvalue weighted by Gasteiger charge is 2.41. The van der Waals surface area contributed by atoms with Gasteiger partial charge in [0.1, 0.15) is 0 Å². The van der Waals surface area contributed by atoms with Gasteiger partial charge in [-0.1, -0.05) is 166 Å². The maximum absolute atomic E-state index is 2.64. The first-order valence-corrected chi connectivity index (χ1v) is 21.0. The Bertz CT molecular complexity index is 3240. The summed E-state index contributed by atoms with van der Waals surface area (Å²) >= 11 is 1.94. The Morgan fingerprint density at radius 1 is 0.554 bits per heavy atom. The summed E-state index contributed by atoms with van der Waals surface area (Å²) in [5, 5.41) is 13.4. The molecule has 12 rings (SSSR count). The lowest BCUT2D eigenvalue weighted by Crippen LogP contribution is -2.17. The van der Waals surface area contributed by atoms with E-state index in [2.05, 4.69) is 178 Å². The van der Waals surface area contributed by atoms with Gasteiger partial charge >= 0.3 is 0 Å².